The van der Waals surface area contributed by atoms with Crippen LogP contribution in [0.5, 0.6) is 0 Å². The van der Waals surface area contributed by atoms with Crippen LogP contribution in [0.2, 0.25) is 0 Å². The average molecular weight is 262 g/mol. The second-order valence-corrected chi connectivity index (χ2v) is 3.80. The van der Waals surface area contributed by atoms with Crippen LogP contribution in [-0.2, 0) is 19.1 Å². The molecule has 0 unspecified atom stereocenters. The minimum absolute atomic E-state index is 0.0196. The first-order chi connectivity index (χ1) is 8.70. The zero-order valence-corrected chi connectivity index (χ0v) is 10.6. The third kappa shape index (κ3) is 11.3. The molecule has 0 saturated carbocycles. The molecule has 6 nitrogen and oxygen atoms in total. The summed E-state index contributed by atoms with van der Waals surface area (Å²) in [4.78, 5) is 22.2. The lowest BCUT2D eigenvalue weighted by atomic mass is 10.2. The Morgan fingerprint density at radius 3 is 1.78 bits per heavy atom. The van der Waals surface area contributed by atoms with Crippen LogP contribution in [0.15, 0.2) is 0 Å². The van der Waals surface area contributed by atoms with Crippen molar-refractivity contribution < 1.29 is 29.3 Å². The average Bonchev–Trinajstić information content (AvgIpc) is 2.37. The molecule has 0 aliphatic heterocycles. The minimum atomic E-state index is -0.361. The molecule has 0 heterocycles. The monoisotopic (exact) mass is 262 g/mol. The number of carbonyl (C=O) groups excluding carboxylic acids is 2. The second-order valence-electron chi connectivity index (χ2n) is 3.80. The third-order valence-corrected chi connectivity index (χ3v) is 2.18. The maximum atomic E-state index is 11.2. The summed E-state index contributed by atoms with van der Waals surface area (Å²) >= 11 is 0. The Hall–Kier alpha value is -1.14. The number of esters is 2. The summed E-state index contributed by atoms with van der Waals surface area (Å²) in [7, 11) is 0. The highest BCUT2D eigenvalue weighted by Gasteiger charge is 2.05. The van der Waals surface area contributed by atoms with Crippen molar-refractivity contribution in [3.8, 4) is 0 Å². The Morgan fingerprint density at radius 1 is 0.722 bits per heavy atom. The van der Waals surface area contributed by atoms with Crippen LogP contribution in [0.1, 0.15) is 38.5 Å². The predicted molar refractivity (Wildman–Crippen MR) is 63.8 cm³/mol. The normalized spacial score (nSPS) is 10.1. The summed E-state index contributed by atoms with van der Waals surface area (Å²) in [5, 5.41) is 16.9. The van der Waals surface area contributed by atoms with Crippen molar-refractivity contribution in [1.29, 1.82) is 0 Å². The van der Waals surface area contributed by atoms with Gasteiger partial charge < -0.3 is 19.7 Å². The van der Waals surface area contributed by atoms with Crippen molar-refractivity contribution in [2.45, 2.75) is 38.5 Å². The van der Waals surface area contributed by atoms with Crippen molar-refractivity contribution in [2.75, 3.05) is 26.4 Å². The van der Waals surface area contributed by atoms with Gasteiger partial charge in [-0.2, -0.15) is 0 Å². The van der Waals surface area contributed by atoms with Gasteiger partial charge in [-0.3, -0.25) is 9.59 Å². The standard InChI is InChI=1S/C12H22O6/c13-7-3-4-9-17-11(15)5-1-2-6-12(16)18-10-8-14/h13-14H,1-10H2. The Bertz CT molecular complexity index is 229. The predicted octanol–water partition coefficient (Wildman–Crippen LogP) is 0.398. The van der Waals surface area contributed by atoms with E-state index in [2.05, 4.69) is 4.74 Å². The molecule has 18 heavy (non-hydrogen) atoms. The van der Waals surface area contributed by atoms with Crippen molar-refractivity contribution in [2.24, 2.45) is 0 Å². The molecule has 0 spiro atoms. The van der Waals surface area contributed by atoms with E-state index in [-0.39, 0.29) is 44.6 Å². The number of hydrogen-bond acceptors (Lipinski definition) is 6. The van der Waals surface area contributed by atoms with Gasteiger partial charge in [-0.25, -0.2) is 0 Å². The van der Waals surface area contributed by atoms with E-state index in [1.54, 1.807) is 0 Å². The van der Waals surface area contributed by atoms with Crippen LogP contribution in [0, 0.1) is 0 Å². The van der Waals surface area contributed by atoms with E-state index >= 15 is 0 Å². The smallest absolute Gasteiger partial charge is 0.305 e. The van der Waals surface area contributed by atoms with Gasteiger partial charge in [0.2, 0.25) is 0 Å². The third-order valence-electron chi connectivity index (χ3n) is 2.18. The quantitative estimate of drug-likeness (QED) is 0.413. The number of aliphatic hydroxyl groups excluding tert-OH is 2. The molecule has 0 aliphatic carbocycles. The van der Waals surface area contributed by atoms with Crippen LogP contribution in [0.3, 0.4) is 0 Å². The molecule has 0 rings (SSSR count). The highest BCUT2D eigenvalue weighted by molar-refractivity contribution is 5.70. The lowest BCUT2D eigenvalue weighted by Crippen LogP contribution is -2.09. The number of hydrogen-bond donors (Lipinski definition) is 2. The number of rotatable bonds is 11. The number of carbonyl (C=O) groups is 2. The van der Waals surface area contributed by atoms with Crippen LogP contribution in [-0.4, -0.2) is 48.6 Å². The van der Waals surface area contributed by atoms with Gasteiger partial charge in [-0.05, 0) is 25.7 Å². The largest absolute Gasteiger partial charge is 0.466 e. The van der Waals surface area contributed by atoms with Gasteiger partial charge >= 0.3 is 11.9 Å². The van der Waals surface area contributed by atoms with Crippen molar-refractivity contribution in [3.63, 3.8) is 0 Å². The number of aliphatic hydroxyl groups is 2. The van der Waals surface area contributed by atoms with E-state index in [0.717, 1.165) is 0 Å². The molecular weight excluding hydrogens is 240 g/mol. The van der Waals surface area contributed by atoms with Gasteiger partial charge in [-0.1, -0.05) is 0 Å². The summed E-state index contributed by atoms with van der Waals surface area (Å²) in [5.74, 6) is -0.642. The second kappa shape index (κ2) is 12.3. The van der Waals surface area contributed by atoms with Crippen molar-refractivity contribution in [1.82, 2.24) is 0 Å². The molecule has 0 aliphatic rings. The molecule has 0 radical (unpaired) electrons. The first-order valence-electron chi connectivity index (χ1n) is 6.23. The van der Waals surface area contributed by atoms with Gasteiger partial charge in [-0.15, -0.1) is 0 Å². The molecule has 0 amide bonds. The van der Waals surface area contributed by atoms with Gasteiger partial charge in [0.25, 0.3) is 0 Å². The van der Waals surface area contributed by atoms with E-state index in [4.69, 9.17) is 14.9 Å². The summed E-state index contributed by atoms with van der Waals surface area (Å²) in [6.07, 6.45) is 2.97. The highest BCUT2D eigenvalue weighted by atomic mass is 16.5. The maximum absolute atomic E-state index is 11.2. The zero-order chi connectivity index (χ0) is 13.6. The molecule has 0 atom stereocenters. The Morgan fingerprint density at radius 2 is 1.28 bits per heavy atom. The zero-order valence-electron chi connectivity index (χ0n) is 10.6. The lowest BCUT2D eigenvalue weighted by Gasteiger charge is -2.04. The van der Waals surface area contributed by atoms with Crippen LogP contribution in [0.4, 0.5) is 0 Å². The topological polar surface area (TPSA) is 93.1 Å². The summed E-state index contributed by atoms with van der Waals surface area (Å²) < 4.78 is 9.58. The first kappa shape index (κ1) is 16.9. The summed E-state index contributed by atoms with van der Waals surface area (Å²) in [5.41, 5.74) is 0. The van der Waals surface area contributed by atoms with Crippen molar-refractivity contribution >= 4 is 11.9 Å². The number of ether oxygens (including phenoxy) is 2. The lowest BCUT2D eigenvalue weighted by molar-refractivity contribution is -0.146. The Kier molecular flexibility index (Phi) is 11.5. The molecule has 0 aromatic rings. The van der Waals surface area contributed by atoms with E-state index in [1.807, 2.05) is 0 Å². The highest BCUT2D eigenvalue weighted by Crippen LogP contribution is 2.03. The molecule has 0 aromatic heterocycles. The van der Waals surface area contributed by atoms with Gasteiger partial charge in [0.05, 0.1) is 13.2 Å². The maximum Gasteiger partial charge on any atom is 0.305 e. The Labute approximate surface area is 107 Å². The van der Waals surface area contributed by atoms with Gasteiger partial charge in [0, 0.05) is 19.4 Å². The van der Waals surface area contributed by atoms with Crippen LogP contribution in [0.25, 0.3) is 0 Å². The van der Waals surface area contributed by atoms with Crippen LogP contribution >= 0.6 is 0 Å². The fraction of sp³-hybridized carbons (Fsp3) is 0.833. The molecule has 2 N–H and O–H groups in total. The summed E-state index contributed by atoms with van der Waals surface area (Å²) in [6.45, 7) is 0.281. The van der Waals surface area contributed by atoms with Gasteiger partial charge in [0.1, 0.15) is 6.61 Å². The molecule has 0 fully saturated rings. The number of unbranched alkanes of at least 4 members (excludes halogenated alkanes) is 2. The molecule has 0 saturated heterocycles. The van der Waals surface area contributed by atoms with Crippen molar-refractivity contribution in [3.05, 3.63) is 0 Å². The molecule has 106 valence electrons. The van der Waals surface area contributed by atoms with E-state index < -0.39 is 0 Å². The molecule has 0 bridgehead atoms. The summed E-state index contributed by atoms with van der Waals surface area (Å²) in [6, 6.07) is 0. The molecule has 6 heteroatoms. The fourth-order valence-corrected chi connectivity index (χ4v) is 1.24. The molecular formula is C12H22O6. The van der Waals surface area contributed by atoms with Gasteiger partial charge in [0.15, 0.2) is 0 Å². The Balaban J connectivity index is 3.31. The van der Waals surface area contributed by atoms with E-state index in [1.165, 1.54) is 0 Å². The van der Waals surface area contributed by atoms with E-state index in [0.29, 0.717) is 32.3 Å². The van der Waals surface area contributed by atoms with Crippen LogP contribution < -0.4 is 0 Å². The first-order valence-corrected chi connectivity index (χ1v) is 6.23. The fourth-order valence-electron chi connectivity index (χ4n) is 1.24. The van der Waals surface area contributed by atoms with E-state index in [9.17, 15) is 9.59 Å². The SMILES string of the molecule is O=C(CCCCC(=O)OCCCCO)OCCO. The molecule has 0 aromatic carbocycles. The minimum Gasteiger partial charge on any atom is -0.466 e.